The van der Waals surface area contributed by atoms with Crippen molar-refractivity contribution in [3.05, 3.63) is 166 Å². The second kappa shape index (κ2) is 12.3. The van der Waals surface area contributed by atoms with Crippen LogP contribution in [0.25, 0.3) is 0 Å². The fraction of sp³-hybridized carbons (Fsp3) is 0.171. The maximum absolute atomic E-state index is 5.08. The van der Waals surface area contributed by atoms with Gasteiger partial charge in [-0.2, -0.15) is 0 Å². The Hall–Kier alpha value is -2.31. The zero-order valence-electron chi connectivity index (χ0n) is 21.9. The topological polar surface area (TPSA) is 0 Å². The van der Waals surface area contributed by atoms with Crippen molar-refractivity contribution >= 4 is 29.0 Å². The molecule has 0 radical (unpaired) electrons. The van der Waals surface area contributed by atoms with Gasteiger partial charge >= 0.3 is 224 Å². The third-order valence-electron chi connectivity index (χ3n) is 8.08. The zero-order valence-corrected chi connectivity index (χ0v) is 26.0. The number of halogens is 2. The molecule has 0 heterocycles. The second-order valence-corrected chi connectivity index (χ2v) is 16.0. The molecule has 0 N–H and O–H groups in total. The van der Waals surface area contributed by atoms with E-state index < -0.39 is 21.3 Å². The molecule has 0 fully saturated rings. The van der Waals surface area contributed by atoms with E-state index >= 15 is 0 Å². The molecule has 4 unspecified atom stereocenters. The molecule has 192 valence electrons. The van der Waals surface area contributed by atoms with Crippen molar-refractivity contribution in [3.8, 4) is 0 Å². The summed E-state index contributed by atoms with van der Waals surface area (Å²) in [6.07, 6.45) is 23.4. The molecule has 4 aliphatic rings. The fourth-order valence-electron chi connectivity index (χ4n) is 6.50. The molecule has 0 saturated carbocycles. The van der Waals surface area contributed by atoms with Crippen molar-refractivity contribution in [2.75, 3.05) is 0 Å². The van der Waals surface area contributed by atoms with E-state index in [4.69, 9.17) is 4.21 Å². The van der Waals surface area contributed by atoms with Crippen LogP contribution in [0.2, 0.25) is 7.25 Å². The molecule has 4 atom stereocenters. The Morgan fingerprint density at radius 1 is 0.553 bits per heavy atom. The van der Waals surface area contributed by atoms with E-state index in [0.717, 1.165) is 0 Å². The standard InChI is InChI=1S/2C17H15.CH2.2ClH.Zr/c2*1-13-11-15-9-5-6-10-16(17(15)12-13)14-7-3-2-4-8-14;;;;/h2*2-12,16H,1H3;1H2;2*1H;. The van der Waals surface area contributed by atoms with E-state index in [1.165, 1.54) is 44.6 Å². The molecule has 4 aliphatic carbocycles. The molecule has 38 heavy (non-hydrogen) atoms. The normalized spacial score (nSPS) is 25.0. The van der Waals surface area contributed by atoms with E-state index in [9.17, 15) is 0 Å². The quantitative estimate of drug-likeness (QED) is 0.321. The summed E-state index contributed by atoms with van der Waals surface area (Å²) in [5.74, 6) is 0.624. The van der Waals surface area contributed by atoms with E-state index in [0.29, 0.717) is 19.1 Å². The first-order chi connectivity index (χ1) is 17.6. The first-order valence-corrected chi connectivity index (χ1v) is 17.5. The average Bonchev–Trinajstić information content (AvgIpc) is 3.21. The molecule has 0 spiro atoms. The SMILES string of the molecule is Cl.Cl.[CH2]=[Zr]([CH]1C(C)=CC2=C1C=CC=CC2c1ccccc1)[CH]1C(C)=CC2=C1C=CC=CC2c1ccccc1. The monoisotopic (exact) mass is 614 g/mol. The van der Waals surface area contributed by atoms with Crippen LogP contribution in [0, 0.1) is 0 Å². The molecular formula is C35H34Cl2Zr. The number of allylic oxidation sites excluding steroid dienone is 16. The van der Waals surface area contributed by atoms with Crippen molar-refractivity contribution in [2.24, 2.45) is 0 Å². The maximum atomic E-state index is 5.08. The molecule has 0 aliphatic heterocycles. The molecule has 2 aromatic rings. The molecular weight excluding hydrogens is 583 g/mol. The van der Waals surface area contributed by atoms with Gasteiger partial charge in [0, 0.05) is 0 Å². The summed E-state index contributed by atoms with van der Waals surface area (Å²) >= 11 is -2.29. The van der Waals surface area contributed by atoms with Crippen LogP contribution < -0.4 is 0 Å². The van der Waals surface area contributed by atoms with Crippen molar-refractivity contribution in [1.29, 1.82) is 0 Å². The van der Waals surface area contributed by atoms with Crippen LogP contribution >= 0.6 is 24.8 Å². The van der Waals surface area contributed by atoms with Crippen molar-refractivity contribution in [2.45, 2.75) is 32.9 Å². The van der Waals surface area contributed by atoms with Crippen molar-refractivity contribution in [3.63, 3.8) is 0 Å². The summed E-state index contributed by atoms with van der Waals surface area (Å²) in [5, 5.41) is 0. The molecule has 0 saturated heterocycles. The van der Waals surface area contributed by atoms with Gasteiger partial charge in [-0.25, -0.2) is 0 Å². The van der Waals surface area contributed by atoms with Gasteiger partial charge in [0.25, 0.3) is 0 Å². The van der Waals surface area contributed by atoms with Gasteiger partial charge in [0.1, 0.15) is 0 Å². The van der Waals surface area contributed by atoms with Gasteiger partial charge in [-0.15, -0.1) is 24.8 Å². The summed E-state index contributed by atoms with van der Waals surface area (Å²) in [6.45, 7) is 4.70. The first-order valence-electron chi connectivity index (χ1n) is 13.0. The van der Waals surface area contributed by atoms with Crippen molar-refractivity contribution in [1.82, 2.24) is 0 Å². The minimum atomic E-state index is -2.29. The number of benzene rings is 2. The summed E-state index contributed by atoms with van der Waals surface area (Å²) in [7, 11) is 0. The number of rotatable bonds is 4. The number of hydrogen-bond acceptors (Lipinski definition) is 0. The van der Waals surface area contributed by atoms with E-state index in [1.54, 1.807) is 0 Å². The van der Waals surface area contributed by atoms with Gasteiger partial charge in [0.05, 0.1) is 0 Å². The molecule has 0 bridgehead atoms. The van der Waals surface area contributed by atoms with Gasteiger partial charge < -0.3 is 0 Å². The van der Waals surface area contributed by atoms with Crippen LogP contribution in [0.15, 0.2) is 155 Å². The van der Waals surface area contributed by atoms with Crippen LogP contribution in [-0.2, 0) is 21.3 Å². The van der Waals surface area contributed by atoms with Crippen molar-refractivity contribution < 1.29 is 21.3 Å². The molecule has 2 aromatic carbocycles. The first kappa shape index (κ1) is 28.7. The molecule has 0 amide bonds. The van der Waals surface area contributed by atoms with Gasteiger partial charge in [0.15, 0.2) is 0 Å². The summed E-state index contributed by atoms with van der Waals surface area (Å²) in [6, 6.07) is 21.9. The van der Waals surface area contributed by atoms with Crippen LogP contribution in [0.4, 0.5) is 0 Å². The Bertz CT molecular complexity index is 1350. The third kappa shape index (κ3) is 5.14. The van der Waals surface area contributed by atoms with E-state index in [1.807, 2.05) is 0 Å². The van der Waals surface area contributed by atoms with Gasteiger partial charge in [-0.3, -0.25) is 0 Å². The third-order valence-corrected chi connectivity index (χ3v) is 15.5. The van der Waals surface area contributed by atoms with Crippen LogP contribution in [0.5, 0.6) is 0 Å². The Kier molecular flexibility index (Phi) is 9.25. The Labute approximate surface area is 247 Å². The Morgan fingerprint density at radius 3 is 1.34 bits per heavy atom. The van der Waals surface area contributed by atoms with E-state index in [2.05, 4.69) is 135 Å². The van der Waals surface area contributed by atoms with Crippen LogP contribution in [0.3, 0.4) is 0 Å². The van der Waals surface area contributed by atoms with Gasteiger partial charge in [-0.05, 0) is 0 Å². The predicted octanol–water partition coefficient (Wildman–Crippen LogP) is 9.79. The zero-order chi connectivity index (χ0) is 24.6. The second-order valence-electron chi connectivity index (χ2n) is 10.3. The van der Waals surface area contributed by atoms with Crippen LogP contribution in [-0.4, -0.2) is 4.21 Å². The summed E-state index contributed by atoms with van der Waals surface area (Å²) < 4.78 is 6.09. The van der Waals surface area contributed by atoms with Crippen LogP contribution in [0.1, 0.15) is 36.8 Å². The number of hydrogen-bond donors (Lipinski definition) is 0. The molecule has 3 heteroatoms. The van der Waals surface area contributed by atoms with E-state index in [-0.39, 0.29) is 24.8 Å². The van der Waals surface area contributed by atoms with Gasteiger partial charge in [-0.1, -0.05) is 0 Å². The predicted molar refractivity (Wildman–Crippen MR) is 166 cm³/mol. The summed E-state index contributed by atoms with van der Waals surface area (Å²) in [5.41, 5.74) is 11.8. The average molecular weight is 617 g/mol. The minimum absolute atomic E-state index is 0. The summed E-state index contributed by atoms with van der Waals surface area (Å²) in [4.78, 5) is 0. The molecule has 6 rings (SSSR count). The fourth-order valence-corrected chi connectivity index (χ4v) is 13.9. The van der Waals surface area contributed by atoms with Gasteiger partial charge in [0.2, 0.25) is 0 Å². The molecule has 0 nitrogen and oxygen atoms in total. The molecule has 0 aromatic heterocycles. The Morgan fingerprint density at radius 2 is 0.947 bits per heavy atom. The Balaban J connectivity index is 0.00000168.